The molecule has 0 radical (unpaired) electrons. The van der Waals surface area contributed by atoms with E-state index in [0.717, 1.165) is 12.1 Å². The standard InChI is InChI=1S/C9H11F3N2O2S/c10-9(11,12)17(15,16)7-3-1-6(2-4-7)8(14)5-13/h1-4,8H,5,13-14H2. The van der Waals surface area contributed by atoms with Crippen LogP contribution in [-0.4, -0.2) is 20.5 Å². The highest BCUT2D eigenvalue weighted by atomic mass is 32.2. The van der Waals surface area contributed by atoms with Gasteiger partial charge in [-0.1, -0.05) is 12.1 Å². The van der Waals surface area contributed by atoms with E-state index in [1.54, 1.807) is 0 Å². The summed E-state index contributed by atoms with van der Waals surface area (Å²) in [5.74, 6) is 0. The summed E-state index contributed by atoms with van der Waals surface area (Å²) in [6, 6.07) is 3.64. The fourth-order valence-electron chi connectivity index (χ4n) is 1.16. The maximum Gasteiger partial charge on any atom is 0.501 e. The normalized spacial score (nSPS) is 14.6. The van der Waals surface area contributed by atoms with Gasteiger partial charge in [-0.15, -0.1) is 0 Å². The molecule has 0 amide bonds. The minimum atomic E-state index is -5.30. The second-order valence-electron chi connectivity index (χ2n) is 3.36. The zero-order valence-corrected chi connectivity index (χ0v) is 9.42. The van der Waals surface area contributed by atoms with E-state index in [0.29, 0.717) is 5.56 Å². The van der Waals surface area contributed by atoms with Crippen molar-refractivity contribution in [1.29, 1.82) is 0 Å². The Bertz CT molecular complexity index is 482. The maximum atomic E-state index is 12.2. The third-order valence-electron chi connectivity index (χ3n) is 2.18. The van der Waals surface area contributed by atoms with Gasteiger partial charge < -0.3 is 11.5 Å². The predicted molar refractivity (Wildman–Crippen MR) is 55.7 cm³/mol. The molecule has 0 heterocycles. The maximum absolute atomic E-state index is 12.2. The van der Waals surface area contributed by atoms with E-state index in [1.807, 2.05) is 0 Å². The molecule has 0 aromatic heterocycles. The van der Waals surface area contributed by atoms with Gasteiger partial charge in [0.1, 0.15) is 0 Å². The summed E-state index contributed by atoms with van der Waals surface area (Å²) in [7, 11) is -5.30. The number of alkyl halides is 3. The van der Waals surface area contributed by atoms with E-state index in [2.05, 4.69) is 0 Å². The molecule has 1 aromatic rings. The smallest absolute Gasteiger partial charge is 0.329 e. The minimum Gasteiger partial charge on any atom is -0.329 e. The molecular formula is C9H11F3N2O2S. The van der Waals surface area contributed by atoms with Crippen molar-refractivity contribution < 1.29 is 21.6 Å². The second kappa shape index (κ2) is 4.63. The summed E-state index contributed by atoms with van der Waals surface area (Å²) in [6.07, 6.45) is 0. The molecule has 0 fully saturated rings. The molecule has 0 aliphatic carbocycles. The number of rotatable bonds is 3. The lowest BCUT2D eigenvalue weighted by Gasteiger charge is -2.11. The summed E-state index contributed by atoms with van der Waals surface area (Å²) >= 11 is 0. The molecular weight excluding hydrogens is 257 g/mol. The first kappa shape index (κ1) is 13.9. The van der Waals surface area contributed by atoms with Gasteiger partial charge in [0.05, 0.1) is 4.90 Å². The molecule has 1 aromatic carbocycles. The van der Waals surface area contributed by atoms with E-state index < -0.39 is 26.3 Å². The minimum absolute atomic E-state index is 0.116. The van der Waals surface area contributed by atoms with Crippen LogP contribution >= 0.6 is 0 Å². The van der Waals surface area contributed by atoms with Crippen LogP contribution in [0.2, 0.25) is 0 Å². The van der Waals surface area contributed by atoms with Gasteiger partial charge in [-0.25, -0.2) is 8.42 Å². The molecule has 1 unspecified atom stereocenters. The first-order chi connectivity index (χ1) is 7.70. The van der Waals surface area contributed by atoms with Crippen LogP contribution in [0, 0.1) is 0 Å². The van der Waals surface area contributed by atoms with Crippen molar-refractivity contribution in [2.45, 2.75) is 16.4 Å². The second-order valence-corrected chi connectivity index (χ2v) is 5.30. The van der Waals surface area contributed by atoms with Crippen molar-refractivity contribution in [3.05, 3.63) is 29.8 Å². The molecule has 17 heavy (non-hydrogen) atoms. The van der Waals surface area contributed by atoms with E-state index in [1.165, 1.54) is 12.1 Å². The predicted octanol–water partition coefficient (Wildman–Crippen LogP) is 0.939. The van der Waals surface area contributed by atoms with Crippen LogP contribution in [0.25, 0.3) is 0 Å². The van der Waals surface area contributed by atoms with Gasteiger partial charge in [-0.2, -0.15) is 13.2 Å². The van der Waals surface area contributed by atoms with Crippen molar-refractivity contribution in [2.24, 2.45) is 11.5 Å². The zero-order valence-electron chi connectivity index (χ0n) is 8.61. The Kier molecular flexibility index (Phi) is 3.80. The number of hydrogen-bond donors (Lipinski definition) is 2. The van der Waals surface area contributed by atoms with Crippen LogP contribution in [0.1, 0.15) is 11.6 Å². The summed E-state index contributed by atoms with van der Waals surface area (Å²) in [6.45, 7) is 0.116. The number of benzene rings is 1. The zero-order chi connectivity index (χ0) is 13.3. The Hall–Kier alpha value is -1.12. The molecule has 0 bridgehead atoms. The average molecular weight is 268 g/mol. The average Bonchev–Trinajstić information content (AvgIpc) is 2.26. The van der Waals surface area contributed by atoms with Crippen molar-refractivity contribution in [1.82, 2.24) is 0 Å². The van der Waals surface area contributed by atoms with Crippen molar-refractivity contribution in [2.75, 3.05) is 6.54 Å². The SMILES string of the molecule is NCC(N)c1ccc(S(=O)(=O)C(F)(F)F)cc1. The lowest BCUT2D eigenvalue weighted by atomic mass is 10.1. The highest BCUT2D eigenvalue weighted by molar-refractivity contribution is 7.92. The van der Waals surface area contributed by atoms with Crippen molar-refractivity contribution in [3.63, 3.8) is 0 Å². The molecule has 1 atom stereocenters. The van der Waals surface area contributed by atoms with Gasteiger partial charge in [0.25, 0.3) is 9.84 Å². The van der Waals surface area contributed by atoms with Gasteiger partial charge in [0.15, 0.2) is 0 Å². The Morgan fingerprint density at radius 2 is 1.65 bits per heavy atom. The van der Waals surface area contributed by atoms with Crippen molar-refractivity contribution in [3.8, 4) is 0 Å². The molecule has 0 aliphatic heterocycles. The van der Waals surface area contributed by atoms with Crippen LogP contribution in [0.5, 0.6) is 0 Å². The fourth-order valence-corrected chi connectivity index (χ4v) is 1.93. The summed E-state index contributed by atoms with van der Waals surface area (Å²) in [5, 5.41) is 0. The van der Waals surface area contributed by atoms with Crippen LogP contribution in [0.4, 0.5) is 13.2 Å². The van der Waals surface area contributed by atoms with E-state index in [9.17, 15) is 21.6 Å². The molecule has 8 heteroatoms. The highest BCUT2D eigenvalue weighted by Crippen LogP contribution is 2.30. The molecule has 0 spiro atoms. The summed E-state index contributed by atoms with van der Waals surface area (Å²) in [4.78, 5) is -0.807. The Morgan fingerprint density at radius 3 is 2.00 bits per heavy atom. The van der Waals surface area contributed by atoms with Gasteiger partial charge >= 0.3 is 5.51 Å². The van der Waals surface area contributed by atoms with Crippen LogP contribution in [-0.2, 0) is 9.84 Å². The molecule has 4 N–H and O–H groups in total. The van der Waals surface area contributed by atoms with Crippen LogP contribution in [0.15, 0.2) is 29.2 Å². The monoisotopic (exact) mass is 268 g/mol. The van der Waals surface area contributed by atoms with Gasteiger partial charge in [-0.05, 0) is 17.7 Å². The van der Waals surface area contributed by atoms with E-state index >= 15 is 0 Å². The Morgan fingerprint density at radius 1 is 1.18 bits per heavy atom. The quantitative estimate of drug-likeness (QED) is 0.854. The highest BCUT2D eigenvalue weighted by Gasteiger charge is 2.46. The third-order valence-corrected chi connectivity index (χ3v) is 3.68. The summed E-state index contributed by atoms with van der Waals surface area (Å²) < 4.78 is 58.7. The van der Waals surface area contributed by atoms with E-state index in [-0.39, 0.29) is 6.54 Å². The lowest BCUT2D eigenvalue weighted by molar-refractivity contribution is -0.0436. The largest absolute Gasteiger partial charge is 0.501 e. The fraction of sp³-hybridized carbons (Fsp3) is 0.333. The Balaban J connectivity index is 3.12. The Labute approximate surface area is 96.3 Å². The first-order valence-corrected chi connectivity index (χ1v) is 6.05. The molecule has 96 valence electrons. The number of sulfone groups is 1. The molecule has 1 rings (SSSR count). The molecule has 0 saturated heterocycles. The van der Waals surface area contributed by atoms with Crippen LogP contribution < -0.4 is 11.5 Å². The topological polar surface area (TPSA) is 86.2 Å². The number of hydrogen-bond acceptors (Lipinski definition) is 4. The number of halogens is 3. The van der Waals surface area contributed by atoms with E-state index in [4.69, 9.17) is 11.5 Å². The van der Waals surface area contributed by atoms with Gasteiger partial charge in [-0.3, -0.25) is 0 Å². The first-order valence-electron chi connectivity index (χ1n) is 4.57. The number of nitrogens with two attached hydrogens (primary N) is 2. The van der Waals surface area contributed by atoms with Gasteiger partial charge in [0.2, 0.25) is 0 Å². The van der Waals surface area contributed by atoms with Crippen molar-refractivity contribution >= 4 is 9.84 Å². The molecule has 0 aliphatic rings. The molecule has 0 saturated carbocycles. The van der Waals surface area contributed by atoms with Gasteiger partial charge in [0, 0.05) is 12.6 Å². The third kappa shape index (κ3) is 2.76. The molecule has 4 nitrogen and oxygen atoms in total. The lowest BCUT2D eigenvalue weighted by Crippen LogP contribution is -2.24. The van der Waals surface area contributed by atoms with Crippen LogP contribution in [0.3, 0.4) is 0 Å². The summed E-state index contributed by atoms with van der Waals surface area (Å²) in [5.41, 5.74) is 6.00.